The van der Waals surface area contributed by atoms with Gasteiger partial charge in [0.25, 0.3) is 10.0 Å². The number of nitrogens with two attached hydrogens (primary N) is 1. The van der Waals surface area contributed by atoms with Gasteiger partial charge in [-0.05, 0) is 26.2 Å². The zero-order valence-electron chi connectivity index (χ0n) is 12.2. The van der Waals surface area contributed by atoms with E-state index in [-0.39, 0.29) is 5.03 Å². The Labute approximate surface area is 120 Å². The van der Waals surface area contributed by atoms with Crippen LogP contribution in [0.2, 0.25) is 0 Å². The number of imidazole rings is 1. The van der Waals surface area contributed by atoms with Gasteiger partial charge in [-0.25, -0.2) is 13.4 Å². The second-order valence-corrected chi connectivity index (χ2v) is 7.38. The van der Waals surface area contributed by atoms with E-state index in [1.165, 1.54) is 6.20 Å². The van der Waals surface area contributed by atoms with Crippen molar-refractivity contribution in [2.24, 2.45) is 5.73 Å². The number of aromatic nitrogens is 2. The quantitative estimate of drug-likeness (QED) is 0.830. The number of nitrogens with one attached hydrogen (secondary N) is 1. The highest BCUT2D eigenvalue weighted by Gasteiger charge is 2.45. The van der Waals surface area contributed by atoms with E-state index in [4.69, 9.17) is 5.73 Å². The van der Waals surface area contributed by atoms with E-state index in [0.29, 0.717) is 18.9 Å². The maximum absolute atomic E-state index is 12.9. The number of aryl methyl sites for hydroxylation is 1. The van der Waals surface area contributed by atoms with Crippen LogP contribution in [-0.4, -0.2) is 41.3 Å². The van der Waals surface area contributed by atoms with Crippen LogP contribution in [0.25, 0.3) is 0 Å². The van der Waals surface area contributed by atoms with Gasteiger partial charge in [0.1, 0.15) is 5.82 Å². The van der Waals surface area contributed by atoms with Crippen LogP contribution >= 0.6 is 0 Å². The highest BCUT2D eigenvalue weighted by atomic mass is 32.2. The van der Waals surface area contributed by atoms with Crippen molar-refractivity contribution >= 4 is 10.0 Å². The fourth-order valence-electron chi connectivity index (χ4n) is 3.05. The Balaban J connectivity index is 2.42. The standard InChI is InChI=1S/C13H24N4O2S/c1-3-8-17(13(10-14)6-4-5-7-13)20(18,19)12-9-15-11(2)16-12/h9H,3-8,10,14H2,1-2H3,(H,15,16). The van der Waals surface area contributed by atoms with Gasteiger partial charge >= 0.3 is 0 Å². The first-order valence-electron chi connectivity index (χ1n) is 7.21. The Morgan fingerprint density at radius 1 is 1.45 bits per heavy atom. The minimum atomic E-state index is -3.56. The van der Waals surface area contributed by atoms with Gasteiger partial charge in [0.15, 0.2) is 5.03 Å². The fraction of sp³-hybridized carbons (Fsp3) is 0.769. The van der Waals surface area contributed by atoms with Crippen LogP contribution in [0.5, 0.6) is 0 Å². The molecule has 20 heavy (non-hydrogen) atoms. The minimum absolute atomic E-state index is 0.170. The molecule has 0 spiro atoms. The molecule has 1 aliphatic carbocycles. The van der Waals surface area contributed by atoms with E-state index < -0.39 is 15.6 Å². The van der Waals surface area contributed by atoms with Gasteiger partial charge in [0.05, 0.1) is 6.20 Å². The van der Waals surface area contributed by atoms with Gasteiger partial charge in [0.2, 0.25) is 0 Å². The number of hydrogen-bond acceptors (Lipinski definition) is 4. The molecule has 1 aliphatic rings. The van der Waals surface area contributed by atoms with Crippen LogP contribution in [0.15, 0.2) is 11.2 Å². The van der Waals surface area contributed by atoms with Crippen molar-refractivity contribution in [1.29, 1.82) is 0 Å². The van der Waals surface area contributed by atoms with E-state index in [1.807, 2.05) is 6.92 Å². The van der Waals surface area contributed by atoms with Crippen molar-refractivity contribution in [2.75, 3.05) is 13.1 Å². The van der Waals surface area contributed by atoms with Crippen LogP contribution in [0.4, 0.5) is 0 Å². The molecule has 0 unspecified atom stereocenters. The lowest BCUT2D eigenvalue weighted by Crippen LogP contribution is -2.54. The van der Waals surface area contributed by atoms with Crippen molar-refractivity contribution in [2.45, 2.75) is 56.5 Å². The average Bonchev–Trinajstić information content (AvgIpc) is 3.05. The molecule has 1 fully saturated rings. The molecule has 0 atom stereocenters. The van der Waals surface area contributed by atoms with Gasteiger partial charge in [-0.2, -0.15) is 4.31 Å². The summed E-state index contributed by atoms with van der Waals surface area (Å²) in [5.41, 5.74) is 5.53. The molecule has 7 heteroatoms. The van der Waals surface area contributed by atoms with E-state index in [0.717, 1.165) is 32.1 Å². The Hall–Kier alpha value is -0.920. The molecule has 2 rings (SSSR count). The lowest BCUT2D eigenvalue weighted by atomic mass is 9.98. The van der Waals surface area contributed by atoms with E-state index in [1.54, 1.807) is 11.2 Å². The number of nitrogens with zero attached hydrogens (tertiary/aromatic N) is 2. The predicted octanol–water partition coefficient (Wildman–Crippen LogP) is 1.39. The summed E-state index contributed by atoms with van der Waals surface area (Å²) in [7, 11) is -3.56. The fourth-order valence-corrected chi connectivity index (χ4v) is 4.94. The monoisotopic (exact) mass is 300 g/mol. The Morgan fingerprint density at radius 2 is 2.10 bits per heavy atom. The summed E-state index contributed by atoms with van der Waals surface area (Å²) in [6.45, 7) is 4.61. The summed E-state index contributed by atoms with van der Waals surface area (Å²) in [6.07, 6.45) is 5.93. The van der Waals surface area contributed by atoms with Gasteiger partial charge in [-0.3, -0.25) is 0 Å². The van der Waals surface area contributed by atoms with E-state index >= 15 is 0 Å². The highest BCUT2D eigenvalue weighted by Crippen LogP contribution is 2.37. The third kappa shape index (κ3) is 2.62. The lowest BCUT2D eigenvalue weighted by molar-refractivity contribution is 0.197. The van der Waals surface area contributed by atoms with Gasteiger partial charge in [-0.15, -0.1) is 0 Å². The Morgan fingerprint density at radius 3 is 2.55 bits per heavy atom. The minimum Gasteiger partial charge on any atom is -0.332 e. The molecular weight excluding hydrogens is 276 g/mol. The van der Waals surface area contributed by atoms with Gasteiger partial charge in [-0.1, -0.05) is 19.8 Å². The summed E-state index contributed by atoms with van der Waals surface area (Å²) >= 11 is 0. The Bertz CT molecular complexity index is 546. The van der Waals surface area contributed by atoms with Crippen LogP contribution in [0.3, 0.4) is 0 Å². The molecular formula is C13H24N4O2S. The SMILES string of the molecule is CCCN(C1(CN)CCCC1)S(=O)(=O)c1cnc(C)[nH]1. The van der Waals surface area contributed by atoms with Crippen molar-refractivity contribution in [3.8, 4) is 0 Å². The third-order valence-electron chi connectivity index (χ3n) is 4.12. The summed E-state index contributed by atoms with van der Waals surface area (Å²) in [5, 5.41) is 0.170. The molecule has 1 heterocycles. The molecule has 114 valence electrons. The number of aromatic amines is 1. The number of H-pyrrole nitrogens is 1. The zero-order valence-corrected chi connectivity index (χ0v) is 13.0. The lowest BCUT2D eigenvalue weighted by Gasteiger charge is -2.39. The number of hydrogen-bond donors (Lipinski definition) is 2. The Kier molecular flexibility index (Phi) is 4.51. The summed E-state index contributed by atoms with van der Waals surface area (Å²) < 4.78 is 27.4. The first kappa shape index (κ1) is 15.5. The molecule has 0 bridgehead atoms. The predicted molar refractivity (Wildman–Crippen MR) is 77.8 cm³/mol. The summed E-state index contributed by atoms with van der Waals surface area (Å²) in [6, 6.07) is 0. The number of rotatable bonds is 6. The first-order valence-corrected chi connectivity index (χ1v) is 8.65. The maximum Gasteiger partial charge on any atom is 0.260 e. The molecule has 0 amide bonds. The highest BCUT2D eigenvalue weighted by molar-refractivity contribution is 7.89. The largest absolute Gasteiger partial charge is 0.332 e. The molecule has 0 aliphatic heterocycles. The molecule has 1 aromatic rings. The third-order valence-corrected chi connectivity index (χ3v) is 6.03. The van der Waals surface area contributed by atoms with Crippen molar-refractivity contribution in [3.05, 3.63) is 12.0 Å². The molecule has 3 N–H and O–H groups in total. The van der Waals surface area contributed by atoms with E-state index in [2.05, 4.69) is 9.97 Å². The molecule has 0 radical (unpaired) electrons. The van der Waals surface area contributed by atoms with Gasteiger partial charge < -0.3 is 10.7 Å². The summed E-state index contributed by atoms with van der Waals surface area (Å²) in [4.78, 5) is 6.85. The second kappa shape index (κ2) is 5.83. The topological polar surface area (TPSA) is 92.1 Å². The van der Waals surface area contributed by atoms with E-state index in [9.17, 15) is 8.42 Å². The van der Waals surface area contributed by atoms with Crippen molar-refractivity contribution < 1.29 is 8.42 Å². The van der Waals surface area contributed by atoms with Crippen molar-refractivity contribution in [3.63, 3.8) is 0 Å². The van der Waals surface area contributed by atoms with Crippen LogP contribution in [-0.2, 0) is 10.0 Å². The molecule has 1 aromatic heterocycles. The number of sulfonamides is 1. The van der Waals surface area contributed by atoms with Crippen LogP contribution < -0.4 is 5.73 Å². The first-order chi connectivity index (χ1) is 9.46. The molecule has 0 aromatic carbocycles. The molecule has 0 saturated heterocycles. The smallest absolute Gasteiger partial charge is 0.260 e. The van der Waals surface area contributed by atoms with Crippen LogP contribution in [0, 0.1) is 6.92 Å². The van der Waals surface area contributed by atoms with Crippen molar-refractivity contribution in [1.82, 2.24) is 14.3 Å². The second-order valence-electron chi connectivity index (χ2n) is 5.55. The molecule has 1 saturated carbocycles. The summed E-state index contributed by atoms with van der Waals surface area (Å²) in [5.74, 6) is 0.605. The average molecular weight is 300 g/mol. The normalized spacial score (nSPS) is 18.8. The maximum atomic E-state index is 12.9. The zero-order chi connectivity index (χ0) is 14.8. The molecule has 6 nitrogen and oxygen atoms in total. The van der Waals surface area contributed by atoms with Crippen LogP contribution in [0.1, 0.15) is 44.9 Å². The van der Waals surface area contributed by atoms with Gasteiger partial charge in [0, 0.05) is 18.6 Å².